The molecule has 0 aliphatic rings. The van der Waals surface area contributed by atoms with Gasteiger partial charge in [-0.05, 0) is 6.92 Å². The standard InChI is InChI=1S/C11H7F5N2O2/c1-2-20-10(19)6-4-18-8(9(12)13)7(5(6)3-17)11(14,15)16/h4,9H,2H2,1H3. The van der Waals surface area contributed by atoms with E-state index < -0.39 is 41.0 Å². The monoisotopic (exact) mass is 294 g/mol. The van der Waals surface area contributed by atoms with E-state index in [2.05, 4.69) is 9.72 Å². The lowest BCUT2D eigenvalue weighted by molar-refractivity contribution is -0.140. The van der Waals surface area contributed by atoms with Crippen molar-refractivity contribution in [2.24, 2.45) is 0 Å². The van der Waals surface area contributed by atoms with Gasteiger partial charge in [0.25, 0.3) is 6.43 Å². The first-order valence-corrected chi connectivity index (χ1v) is 5.19. The lowest BCUT2D eigenvalue weighted by Crippen LogP contribution is -2.18. The van der Waals surface area contributed by atoms with Crippen LogP contribution < -0.4 is 0 Å². The number of nitrogens with zero attached hydrogens (tertiary/aromatic N) is 2. The van der Waals surface area contributed by atoms with Crippen LogP contribution in [0.15, 0.2) is 6.20 Å². The minimum atomic E-state index is -5.24. The maximum absolute atomic E-state index is 12.8. The zero-order chi connectivity index (χ0) is 15.5. The van der Waals surface area contributed by atoms with E-state index in [4.69, 9.17) is 5.26 Å². The fourth-order valence-electron chi connectivity index (χ4n) is 1.46. The smallest absolute Gasteiger partial charge is 0.419 e. The summed E-state index contributed by atoms with van der Waals surface area (Å²) in [5.41, 5.74) is -5.53. The van der Waals surface area contributed by atoms with Gasteiger partial charge in [-0.15, -0.1) is 0 Å². The van der Waals surface area contributed by atoms with Crippen molar-refractivity contribution in [3.8, 4) is 6.07 Å². The molecule has 0 spiro atoms. The summed E-state index contributed by atoms with van der Waals surface area (Å²) in [4.78, 5) is 14.4. The molecule has 0 aliphatic carbocycles. The number of nitriles is 1. The first-order chi connectivity index (χ1) is 9.23. The van der Waals surface area contributed by atoms with E-state index in [1.165, 1.54) is 6.92 Å². The van der Waals surface area contributed by atoms with Crippen LogP contribution in [0, 0.1) is 11.3 Å². The molecule has 9 heteroatoms. The molecule has 0 saturated heterocycles. The molecule has 0 bridgehead atoms. The van der Waals surface area contributed by atoms with Gasteiger partial charge >= 0.3 is 12.1 Å². The van der Waals surface area contributed by atoms with E-state index in [0.29, 0.717) is 6.20 Å². The Morgan fingerprint density at radius 3 is 2.50 bits per heavy atom. The predicted octanol–water partition coefficient (Wildman–Crippen LogP) is 3.09. The van der Waals surface area contributed by atoms with E-state index in [1.807, 2.05) is 0 Å². The first kappa shape index (κ1) is 15.8. The van der Waals surface area contributed by atoms with Crippen molar-refractivity contribution in [3.05, 3.63) is 28.6 Å². The predicted molar refractivity (Wildman–Crippen MR) is 54.9 cm³/mol. The summed E-state index contributed by atoms with van der Waals surface area (Å²) < 4.78 is 68.0. The second-order valence-corrected chi connectivity index (χ2v) is 3.44. The zero-order valence-electron chi connectivity index (χ0n) is 9.96. The molecule has 0 fully saturated rings. The van der Waals surface area contributed by atoms with E-state index in [0.717, 1.165) is 6.07 Å². The molecule has 1 rings (SSSR count). The highest BCUT2D eigenvalue weighted by molar-refractivity contribution is 5.92. The number of esters is 1. The number of pyridine rings is 1. The quantitative estimate of drug-likeness (QED) is 0.635. The number of carbonyl (C=O) groups excluding carboxylic acids is 1. The van der Waals surface area contributed by atoms with Crippen LogP contribution in [-0.4, -0.2) is 17.6 Å². The molecule has 1 aromatic rings. The van der Waals surface area contributed by atoms with Crippen molar-refractivity contribution in [3.63, 3.8) is 0 Å². The van der Waals surface area contributed by atoms with Gasteiger partial charge in [-0.25, -0.2) is 13.6 Å². The number of alkyl halides is 5. The van der Waals surface area contributed by atoms with Gasteiger partial charge in [0, 0.05) is 6.20 Å². The number of carbonyl (C=O) groups is 1. The Morgan fingerprint density at radius 1 is 1.50 bits per heavy atom. The molecule has 0 amide bonds. The molecule has 108 valence electrons. The molecule has 20 heavy (non-hydrogen) atoms. The fourth-order valence-corrected chi connectivity index (χ4v) is 1.46. The second-order valence-electron chi connectivity index (χ2n) is 3.44. The summed E-state index contributed by atoms with van der Waals surface area (Å²) in [6.45, 7) is 1.25. The van der Waals surface area contributed by atoms with Crippen LogP contribution in [0.4, 0.5) is 22.0 Å². The molecule has 0 aliphatic heterocycles. The van der Waals surface area contributed by atoms with E-state index in [1.54, 1.807) is 0 Å². The molecule has 1 heterocycles. The molecule has 0 atom stereocenters. The molecule has 0 unspecified atom stereocenters. The average Bonchev–Trinajstić information content (AvgIpc) is 2.35. The van der Waals surface area contributed by atoms with Gasteiger partial charge < -0.3 is 4.74 Å². The van der Waals surface area contributed by atoms with Crippen molar-refractivity contribution < 1.29 is 31.5 Å². The van der Waals surface area contributed by atoms with Gasteiger partial charge in [-0.1, -0.05) is 0 Å². The minimum absolute atomic E-state index is 0.151. The van der Waals surface area contributed by atoms with Gasteiger partial charge in [0.05, 0.1) is 17.7 Å². The molecule has 1 aromatic heterocycles. The normalized spacial score (nSPS) is 11.3. The number of aromatic nitrogens is 1. The summed E-state index contributed by atoms with van der Waals surface area (Å²) in [6.07, 6.45) is -8.30. The number of hydrogen-bond acceptors (Lipinski definition) is 4. The Hall–Kier alpha value is -2.24. The topological polar surface area (TPSA) is 63.0 Å². The third-order valence-electron chi connectivity index (χ3n) is 2.21. The number of rotatable bonds is 3. The van der Waals surface area contributed by atoms with Gasteiger partial charge in [-0.2, -0.15) is 18.4 Å². The lowest BCUT2D eigenvalue weighted by Gasteiger charge is -2.15. The molecule has 0 saturated carbocycles. The maximum Gasteiger partial charge on any atom is 0.419 e. The molecular formula is C11H7F5N2O2. The summed E-state index contributed by atoms with van der Waals surface area (Å²) in [5.74, 6) is -1.23. The molecule has 4 nitrogen and oxygen atoms in total. The fraction of sp³-hybridized carbons (Fsp3) is 0.364. The van der Waals surface area contributed by atoms with E-state index >= 15 is 0 Å². The SMILES string of the molecule is CCOC(=O)c1cnc(C(F)F)c(C(F)(F)F)c1C#N. The van der Waals surface area contributed by atoms with Crippen LogP contribution >= 0.6 is 0 Å². The molecule has 0 N–H and O–H groups in total. The van der Waals surface area contributed by atoms with Crippen LogP contribution in [-0.2, 0) is 10.9 Å². The summed E-state index contributed by atoms with van der Waals surface area (Å²) >= 11 is 0. The Morgan fingerprint density at radius 2 is 2.10 bits per heavy atom. The van der Waals surface area contributed by atoms with Crippen molar-refractivity contribution in [1.29, 1.82) is 5.26 Å². The Labute approximate surface area is 109 Å². The van der Waals surface area contributed by atoms with Crippen molar-refractivity contribution in [2.45, 2.75) is 19.5 Å². The van der Waals surface area contributed by atoms with Crippen LogP contribution in [0.3, 0.4) is 0 Å². The number of halogens is 5. The third-order valence-corrected chi connectivity index (χ3v) is 2.21. The largest absolute Gasteiger partial charge is 0.462 e. The molecule has 0 radical (unpaired) electrons. The zero-order valence-corrected chi connectivity index (χ0v) is 9.96. The van der Waals surface area contributed by atoms with Crippen molar-refractivity contribution in [2.75, 3.05) is 6.61 Å². The highest BCUT2D eigenvalue weighted by Crippen LogP contribution is 2.38. The van der Waals surface area contributed by atoms with E-state index in [-0.39, 0.29) is 6.61 Å². The lowest BCUT2D eigenvalue weighted by atomic mass is 10.0. The van der Waals surface area contributed by atoms with Crippen LogP contribution in [0.25, 0.3) is 0 Å². The maximum atomic E-state index is 12.8. The van der Waals surface area contributed by atoms with E-state index in [9.17, 15) is 26.7 Å². The Bertz CT molecular complexity index is 563. The first-order valence-electron chi connectivity index (χ1n) is 5.19. The van der Waals surface area contributed by atoms with Crippen LogP contribution in [0.2, 0.25) is 0 Å². The Balaban J connectivity index is 3.63. The summed E-state index contributed by atoms with van der Waals surface area (Å²) in [5, 5.41) is 8.76. The molecule has 0 aromatic carbocycles. The van der Waals surface area contributed by atoms with Crippen molar-refractivity contribution >= 4 is 5.97 Å². The van der Waals surface area contributed by atoms with Gasteiger partial charge in [0.15, 0.2) is 0 Å². The van der Waals surface area contributed by atoms with Crippen molar-refractivity contribution in [1.82, 2.24) is 4.98 Å². The summed E-state index contributed by atoms with van der Waals surface area (Å²) in [6, 6.07) is 1.11. The number of ether oxygens (including phenoxy) is 1. The van der Waals surface area contributed by atoms with Crippen LogP contribution in [0.5, 0.6) is 0 Å². The Kier molecular flexibility index (Phi) is 4.60. The summed E-state index contributed by atoms with van der Waals surface area (Å²) in [7, 11) is 0. The van der Waals surface area contributed by atoms with Crippen LogP contribution in [0.1, 0.15) is 40.5 Å². The highest BCUT2D eigenvalue weighted by Gasteiger charge is 2.41. The van der Waals surface area contributed by atoms with Gasteiger partial charge in [0.2, 0.25) is 0 Å². The van der Waals surface area contributed by atoms with Gasteiger partial charge in [0.1, 0.15) is 17.3 Å². The van der Waals surface area contributed by atoms with Gasteiger partial charge in [-0.3, -0.25) is 4.98 Å². The highest BCUT2D eigenvalue weighted by atomic mass is 19.4. The molecular weight excluding hydrogens is 287 g/mol. The third kappa shape index (κ3) is 3.01. The average molecular weight is 294 g/mol. The minimum Gasteiger partial charge on any atom is -0.462 e. The second kappa shape index (κ2) is 5.81. The number of hydrogen-bond donors (Lipinski definition) is 0.